The fraction of sp³-hybridized carbons (Fsp3) is 0.267. The maximum atomic E-state index is 12.1. The van der Waals surface area contributed by atoms with Crippen LogP contribution >= 0.6 is 0 Å². The number of Topliss-reactive ketones (excluding diaryl/α,β-unsaturated/α-hetero) is 1. The van der Waals surface area contributed by atoms with Crippen molar-refractivity contribution in [3.8, 4) is 17.4 Å². The third kappa shape index (κ3) is 2.65. The van der Waals surface area contributed by atoms with Gasteiger partial charge in [-0.2, -0.15) is 0 Å². The van der Waals surface area contributed by atoms with E-state index in [-0.39, 0.29) is 22.1 Å². The van der Waals surface area contributed by atoms with Crippen molar-refractivity contribution in [1.29, 1.82) is 0 Å². The number of benzene rings is 1. The molecule has 0 aliphatic heterocycles. The van der Waals surface area contributed by atoms with E-state index < -0.39 is 23.3 Å². The summed E-state index contributed by atoms with van der Waals surface area (Å²) in [6.45, 7) is 2.41. The number of carbonyl (C=O) groups excluding carboxylic acids is 2. The molecule has 0 spiro atoms. The normalized spacial score (nSPS) is 10.4. The molecule has 0 aliphatic carbocycles. The van der Waals surface area contributed by atoms with Crippen molar-refractivity contribution in [3.05, 3.63) is 28.1 Å². The summed E-state index contributed by atoms with van der Waals surface area (Å²) in [6.07, 6.45) is 0. The second-order valence-corrected chi connectivity index (χ2v) is 4.45. The minimum Gasteiger partial charge on any atom is -0.497 e. The maximum Gasteiger partial charge on any atom is 0.350 e. The Labute approximate surface area is 125 Å². The Balaban J connectivity index is 2.97. The average Bonchev–Trinajstić information content (AvgIpc) is 2.44. The SMILES string of the molecule is COc1cc(OC)c2c(=O)oc(OC(C)=O)c(C(C)=O)c2c1. The van der Waals surface area contributed by atoms with Crippen molar-refractivity contribution in [2.75, 3.05) is 14.2 Å². The average molecular weight is 306 g/mol. The number of carbonyl (C=O) groups is 2. The molecule has 7 nitrogen and oxygen atoms in total. The van der Waals surface area contributed by atoms with E-state index in [1.165, 1.54) is 33.3 Å². The summed E-state index contributed by atoms with van der Waals surface area (Å²) in [6, 6.07) is 2.98. The first-order valence-electron chi connectivity index (χ1n) is 6.31. The summed E-state index contributed by atoms with van der Waals surface area (Å²) in [7, 11) is 2.81. The number of methoxy groups -OCH3 is 2. The van der Waals surface area contributed by atoms with Crippen LogP contribution in [0.5, 0.6) is 17.4 Å². The van der Waals surface area contributed by atoms with Crippen molar-refractivity contribution < 1.29 is 28.2 Å². The first-order chi connectivity index (χ1) is 10.4. The van der Waals surface area contributed by atoms with E-state index >= 15 is 0 Å². The summed E-state index contributed by atoms with van der Waals surface area (Å²) in [4.78, 5) is 35.2. The zero-order valence-corrected chi connectivity index (χ0v) is 12.5. The van der Waals surface area contributed by atoms with Crippen molar-refractivity contribution >= 4 is 22.5 Å². The van der Waals surface area contributed by atoms with Crippen LogP contribution in [-0.2, 0) is 4.79 Å². The van der Waals surface area contributed by atoms with Gasteiger partial charge in [0, 0.05) is 18.4 Å². The van der Waals surface area contributed by atoms with Gasteiger partial charge in [-0.05, 0) is 13.0 Å². The zero-order valence-electron chi connectivity index (χ0n) is 12.5. The van der Waals surface area contributed by atoms with Gasteiger partial charge >= 0.3 is 17.5 Å². The van der Waals surface area contributed by atoms with Crippen LogP contribution in [0.4, 0.5) is 0 Å². The highest BCUT2D eigenvalue weighted by Crippen LogP contribution is 2.34. The van der Waals surface area contributed by atoms with Crippen molar-refractivity contribution in [2.45, 2.75) is 13.8 Å². The number of rotatable bonds is 4. The van der Waals surface area contributed by atoms with E-state index in [1.807, 2.05) is 0 Å². The molecule has 0 bridgehead atoms. The molecule has 22 heavy (non-hydrogen) atoms. The highest BCUT2D eigenvalue weighted by atomic mass is 16.6. The van der Waals surface area contributed by atoms with Gasteiger partial charge in [-0.15, -0.1) is 0 Å². The Hall–Kier alpha value is -2.83. The van der Waals surface area contributed by atoms with E-state index in [2.05, 4.69) is 0 Å². The lowest BCUT2D eigenvalue weighted by molar-refractivity contribution is -0.133. The molecule has 0 aliphatic rings. The second-order valence-electron chi connectivity index (χ2n) is 4.45. The first-order valence-corrected chi connectivity index (χ1v) is 6.31. The van der Waals surface area contributed by atoms with E-state index in [9.17, 15) is 14.4 Å². The van der Waals surface area contributed by atoms with Crippen molar-refractivity contribution in [3.63, 3.8) is 0 Å². The topological polar surface area (TPSA) is 92.0 Å². The van der Waals surface area contributed by atoms with Gasteiger partial charge < -0.3 is 18.6 Å². The lowest BCUT2D eigenvalue weighted by Gasteiger charge is -2.12. The van der Waals surface area contributed by atoms with Gasteiger partial charge in [0.1, 0.15) is 22.4 Å². The fourth-order valence-electron chi connectivity index (χ4n) is 2.11. The van der Waals surface area contributed by atoms with Gasteiger partial charge in [0.15, 0.2) is 5.78 Å². The van der Waals surface area contributed by atoms with E-state index in [4.69, 9.17) is 18.6 Å². The van der Waals surface area contributed by atoms with Crippen LogP contribution in [0.1, 0.15) is 24.2 Å². The van der Waals surface area contributed by atoms with Crippen molar-refractivity contribution in [2.24, 2.45) is 0 Å². The van der Waals surface area contributed by atoms with Crippen LogP contribution in [0.15, 0.2) is 21.3 Å². The smallest absolute Gasteiger partial charge is 0.350 e. The maximum absolute atomic E-state index is 12.1. The quantitative estimate of drug-likeness (QED) is 0.629. The molecule has 7 heteroatoms. The van der Waals surface area contributed by atoms with Gasteiger partial charge in [-0.3, -0.25) is 9.59 Å². The van der Waals surface area contributed by atoms with E-state index in [1.54, 1.807) is 0 Å². The highest BCUT2D eigenvalue weighted by molar-refractivity contribution is 6.10. The molecular formula is C15H14O7. The molecule has 2 aromatic rings. The Morgan fingerprint density at radius 1 is 1.09 bits per heavy atom. The van der Waals surface area contributed by atoms with Crippen LogP contribution in [-0.4, -0.2) is 26.0 Å². The fourth-order valence-corrected chi connectivity index (χ4v) is 2.11. The molecule has 0 unspecified atom stereocenters. The molecule has 2 rings (SSSR count). The minimum atomic E-state index is -0.782. The summed E-state index contributed by atoms with van der Waals surface area (Å²) in [5.41, 5.74) is -0.808. The largest absolute Gasteiger partial charge is 0.497 e. The predicted molar refractivity (Wildman–Crippen MR) is 76.9 cm³/mol. The third-order valence-corrected chi connectivity index (χ3v) is 2.98. The van der Waals surface area contributed by atoms with Crippen LogP contribution in [0.3, 0.4) is 0 Å². The van der Waals surface area contributed by atoms with Gasteiger partial charge in [-0.1, -0.05) is 0 Å². The molecule has 1 aromatic carbocycles. The van der Waals surface area contributed by atoms with Gasteiger partial charge in [0.2, 0.25) is 0 Å². The molecule has 0 radical (unpaired) electrons. The number of ketones is 1. The summed E-state index contributed by atoms with van der Waals surface area (Å²) < 4.78 is 20.1. The molecule has 0 atom stereocenters. The van der Waals surface area contributed by atoms with Crippen LogP contribution in [0.25, 0.3) is 10.8 Å². The Morgan fingerprint density at radius 3 is 2.27 bits per heavy atom. The summed E-state index contributed by atoms with van der Waals surface area (Å²) >= 11 is 0. The van der Waals surface area contributed by atoms with Gasteiger partial charge in [0.05, 0.1) is 14.2 Å². The molecule has 0 saturated heterocycles. The summed E-state index contributed by atoms with van der Waals surface area (Å²) in [5.74, 6) is -1.00. The number of hydrogen-bond acceptors (Lipinski definition) is 7. The third-order valence-electron chi connectivity index (χ3n) is 2.98. The Kier molecular flexibility index (Phi) is 4.16. The van der Waals surface area contributed by atoms with Gasteiger partial charge in [0.25, 0.3) is 0 Å². The molecule has 116 valence electrons. The monoisotopic (exact) mass is 306 g/mol. The second kappa shape index (κ2) is 5.88. The van der Waals surface area contributed by atoms with E-state index in [0.717, 1.165) is 6.92 Å². The first kappa shape index (κ1) is 15.6. The van der Waals surface area contributed by atoms with Gasteiger partial charge in [-0.25, -0.2) is 4.79 Å². The van der Waals surface area contributed by atoms with Crippen LogP contribution in [0.2, 0.25) is 0 Å². The standard InChI is InChI=1S/C15H14O7/c1-7(16)12-10-5-9(19-3)6-11(20-4)13(10)14(18)22-15(12)21-8(2)17/h5-6H,1-4H3. The number of ether oxygens (including phenoxy) is 3. The Bertz CT molecular complexity index is 817. The zero-order chi connectivity index (χ0) is 16.4. The lowest BCUT2D eigenvalue weighted by atomic mass is 10.0. The van der Waals surface area contributed by atoms with Crippen LogP contribution in [0, 0.1) is 0 Å². The predicted octanol–water partition coefficient (Wildman–Crippen LogP) is 1.94. The van der Waals surface area contributed by atoms with Crippen molar-refractivity contribution in [1.82, 2.24) is 0 Å². The lowest BCUT2D eigenvalue weighted by Crippen LogP contribution is -2.12. The molecular weight excluding hydrogens is 292 g/mol. The Morgan fingerprint density at radius 2 is 1.77 bits per heavy atom. The minimum absolute atomic E-state index is 0.0259. The molecule has 0 N–H and O–H groups in total. The number of fused-ring (bicyclic) bond motifs is 1. The summed E-state index contributed by atoms with van der Waals surface area (Å²) in [5, 5.41) is 0.306. The molecule has 1 heterocycles. The highest BCUT2D eigenvalue weighted by Gasteiger charge is 2.23. The van der Waals surface area contributed by atoms with Crippen LogP contribution < -0.4 is 19.8 Å². The number of hydrogen-bond donors (Lipinski definition) is 0. The van der Waals surface area contributed by atoms with E-state index in [0.29, 0.717) is 5.75 Å². The molecule has 1 aromatic heterocycles. The molecule has 0 amide bonds. The number of esters is 1. The molecule has 0 fully saturated rings. The molecule has 0 saturated carbocycles.